The number of hydrogen-bond donors (Lipinski definition) is 2. The van der Waals surface area contributed by atoms with Gasteiger partial charge in [0, 0.05) is 0 Å². The molecule has 0 radical (unpaired) electrons. The number of benzene rings is 2. The molecule has 30 heavy (non-hydrogen) atoms. The molecule has 2 N–H and O–H groups in total. The van der Waals surface area contributed by atoms with Gasteiger partial charge in [-0.2, -0.15) is 0 Å². The van der Waals surface area contributed by atoms with Crippen LogP contribution < -0.4 is 20.1 Å². The van der Waals surface area contributed by atoms with Crippen molar-refractivity contribution in [2.24, 2.45) is 5.92 Å². The van der Waals surface area contributed by atoms with E-state index in [4.69, 9.17) is 14.2 Å². The highest BCUT2D eigenvalue weighted by Gasteiger charge is 2.34. The fourth-order valence-electron chi connectivity index (χ4n) is 3.15. The zero-order valence-electron chi connectivity index (χ0n) is 17.5. The smallest absolute Gasteiger partial charge is 0.338 e. The lowest BCUT2D eigenvalue weighted by Crippen LogP contribution is -2.45. The third-order valence-electron chi connectivity index (χ3n) is 4.65. The van der Waals surface area contributed by atoms with Crippen LogP contribution in [0.3, 0.4) is 0 Å². The van der Waals surface area contributed by atoms with E-state index in [1.807, 2.05) is 24.3 Å². The van der Waals surface area contributed by atoms with Gasteiger partial charge >= 0.3 is 12.0 Å². The summed E-state index contributed by atoms with van der Waals surface area (Å²) in [5.74, 6) is 1.28. The van der Waals surface area contributed by atoms with Gasteiger partial charge in [0.2, 0.25) is 0 Å². The van der Waals surface area contributed by atoms with E-state index in [-0.39, 0.29) is 0 Å². The molecule has 158 valence electrons. The maximum atomic E-state index is 12.7. The maximum absolute atomic E-state index is 12.7. The summed E-state index contributed by atoms with van der Waals surface area (Å²) in [5, 5.41) is 5.56. The fourth-order valence-corrected chi connectivity index (χ4v) is 3.15. The number of hydrogen-bond acceptors (Lipinski definition) is 5. The van der Waals surface area contributed by atoms with Crippen LogP contribution in [0.1, 0.15) is 31.0 Å². The van der Waals surface area contributed by atoms with E-state index in [0.717, 1.165) is 11.3 Å². The first-order valence-electron chi connectivity index (χ1n) is 9.70. The van der Waals surface area contributed by atoms with Gasteiger partial charge in [0.25, 0.3) is 0 Å². The fraction of sp³-hybridized carbons (Fsp3) is 0.304. The quantitative estimate of drug-likeness (QED) is 0.681. The molecule has 0 fully saturated rings. The topological polar surface area (TPSA) is 85.9 Å². The predicted octanol–water partition coefficient (Wildman–Crippen LogP) is 3.67. The molecule has 0 saturated heterocycles. The summed E-state index contributed by atoms with van der Waals surface area (Å²) in [4.78, 5) is 25.1. The van der Waals surface area contributed by atoms with Gasteiger partial charge in [-0.15, -0.1) is 0 Å². The molecule has 0 spiro atoms. The molecule has 2 aromatic carbocycles. The Hall–Kier alpha value is -3.48. The van der Waals surface area contributed by atoms with Gasteiger partial charge in [0.1, 0.15) is 11.5 Å². The average molecular weight is 410 g/mol. The van der Waals surface area contributed by atoms with Gasteiger partial charge in [-0.25, -0.2) is 9.59 Å². The molecule has 2 aromatic rings. The van der Waals surface area contributed by atoms with Crippen LogP contribution in [0.5, 0.6) is 11.5 Å². The highest BCUT2D eigenvalue weighted by Crippen LogP contribution is 2.33. The zero-order chi connectivity index (χ0) is 21.7. The third-order valence-corrected chi connectivity index (χ3v) is 4.65. The van der Waals surface area contributed by atoms with Crippen molar-refractivity contribution in [3.63, 3.8) is 0 Å². The summed E-state index contributed by atoms with van der Waals surface area (Å²) in [7, 11) is 2.89. The van der Waals surface area contributed by atoms with Crippen molar-refractivity contribution >= 4 is 17.7 Å². The van der Waals surface area contributed by atoms with Crippen LogP contribution in [0, 0.1) is 5.92 Å². The van der Waals surface area contributed by atoms with Crippen molar-refractivity contribution < 1.29 is 23.8 Å². The normalized spacial score (nSPS) is 16.0. The van der Waals surface area contributed by atoms with Crippen molar-refractivity contribution in [3.8, 4) is 11.5 Å². The van der Waals surface area contributed by atoms with E-state index in [2.05, 4.69) is 24.5 Å². The molecule has 1 unspecified atom stereocenters. The standard InChI is InChI=1S/C23H26N2O5/c1-14(2)13-30-18-11-7-16(8-12-18)21-19(22(26)29-4)20(24-23(27)25-21)15-5-9-17(28-3)10-6-15/h5-12,14,21H,13H2,1-4H3,(H2,24,25,27). The molecule has 0 bridgehead atoms. The highest BCUT2D eigenvalue weighted by molar-refractivity contribution is 6.04. The Morgan fingerprint density at radius 3 is 2.20 bits per heavy atom. The summed E-state index contributed by atoms with van der Waals surface area (Å²) in [6.45, 7) is 4.76. The van der Waals surface area contributed by atoms with Crippen molar-refractivity contribution in [2.45, 2.75) is 19.9 Å². The Balaban J connectivity index is 2.01. The highest BCUT2D eigenvalue weighted by atomic mass is 16.5. The van der Waals surface area contributed by atoms with Gasteiger partial charge in [-0.3, -0.25) is 0 Å². The number of urea groups is 1. The van der Waals surface area contributed by atoms with Gasteiger partial charge in [0.05, 0.1) is 38.1 Å². The maximum Gasteiger partial charge on any atom is 0.338 e. The number of amides is 2. The minimum Gasteiger partial charge on any atom is -0.497 e. The molecule has 0 aromatic heterocycles. The van der Waals surface area contributed by atoms with E-state index >= 15 is 0 Å². The van der Waals surface area contributed by atoms with Crippen LogP contribution in [0.25, 0.3) is 5.70 Å². The Kier molecular flexibility index (Phi) is 6.61. The molecule has 2 amide bonds. The van der Waals surface area contributed by atoms with Crippen molar-refractivity contribution in [1.29, 1.82) is 0 Å². The number of esters is 1. The summed E-state index contributed by atoms with van der Waals surface area (Å²) >= 11 is 0. The lowest BCUT2D eigenvalue weighted by Gasteiger charge is -2.29. The van der Waals surface area contributed by atoms with Crippen molar-refractivity contribution in [3.05, 3.63) is 65.2 Å². The van der Waals surface area contributed by atoms with Gasteiger partial charge in [-0.05, 0) is 53.4 Å². The number of ether oxygens (including phenoxy) is 3. The summed E-state index contributed by atoms with van der Waals surface area (Å²) < 4.78 is 15.9. The summed E-state index contributed by atoms with van der Waals surface area (Å²) in [5.41, 5.74) is 2.14. The molecular formula is C23H26N2O5. The minimum absolute atomic E-state index is 0.318. The summed E-state index contributed by atoms with van der Waals surface area (Å²) in [6.07, 6.45) is 0. The van der Waals surface area contributed by atoms with Gasteiger partial charge in [0.15, 0.2) is 0 Å². The van der Waals surface area contributed by atoms with E-state index in [0.29, 0.717) is 35.1 Å². The van der Waals surface area contributed by atoms with Crippen LogP contribution in [-0.2, 0) is 9.53 Å². The second-order valence-electron chi connectivity index (χ2n) is 7.31. The zero-order valence-corrected chi connectivity index (χ0v) is 17.5. The van der Waals surface area contributed by atoms with Crippen LogP contribution in [0.15, 0.2) is 54.1 Å². The first kappa shape index (κ1) is 21.2. The van der Waals surface area contributed by atoms with Crippen molar-refractivity contribution in [1.82, 2.24) is 10.6 Å². The number of nitrogens with one attached hydrogen (secondary N) is 2. The largest absolute Gasteiger partial charge is 0.497 e. The van der Waals surface area contributed by atoms with E-state index in [9.17, 15) is 9.59 Å². The second kappa shape index (κ2) is 9.35. The Labute approximate surface area is 176 Å². The molecule has 3 rings (SSSR count). The Morgan fingerprint density at radius 1 is 1.00 bits per heavy atom. The molecule has 1 aliphatic heterocycles. The molecule has 0 aliphatic carbocycles. The molecule has 1 heterocycles. The Bertz CT molecular complexity index is 933. The predicted molar refractivity (Wildman–Crippen MR) is 113 cm³/mol. The molecule has 1 atom stereocenters. The van der Waals surface area contributed by atoms with Gasteiger partial charge in [-0.1, -0.05) is 26.0 Å². The minimum atomic E-state index is -0.664. The molecule has 1 aliphatic rings. The molecule has 7 nitrogen and oxygen atoms in total. The van der Waals surface area contributed by atoms with E-state index < -0.39 is 18.0 Å². The number of carbonyl (C=O) groups excluding carboxylic acids is 2. The number of rotatable bonds is 7. The number of carbonyl (C=O) groups is 2. The lowest BCUT2D eigenvalue weighted by atomic mass is 9.92. The van der Waals surface area contributed by atoms with Crippen LogP contribution in [0.4, 0.5) is 4.79 Å². The SMILES string of the molecule is COC(=O)C1=C(c2ccc(OC)cc2)NC(=O)NC1c1ccc(OCC(C)C)cc1. The van der Waals surface area contributed by atoms with Crippen LogP contribution in [0.2, 0.25) is 0 Å². The van der Waals surface area contributed by atoms with Crippen LogP contribution in [-0.4, -0.2) is 32.8 Å². The van der Waals surface area contributed by atoms with Gasteiger partial charge < -0.3 is 24.8 Å². The number of methoxy groups -OCH3 is 2. The van der Waals surface area contributed by atoms with Crippen molar-refractivity contribution in [2.75, 3.05) is 20.8 Å². The molecular weight excluding hydrogens is 384 g/mol. The monoisotopic (exact) mass is 410 g/mol. The lowest BCUT2D eigenvalue weighted by molar-refractivity contribution is -0.136. The third kappa shape index (κ3) is 4.74. The van der Waals surface area contributed by atoms with E-state index in [1.165, 1.54) is 7.11 Å². The first-order valence-corrected chi connectivity index (χ1v) is 9.70. The molecule has 7 heteroatoms. The summed E-state index contributed by atoms with van der Waals surface area (Å²) in [6, 6.07) is 13.3. The van der Waals surface area contributed by atoms with E-state index in [1.54, 1.807) is 31.4 Å². The first-order chi connectivity index (χ1) is 14.4. The second-order valence-corrected chi connectivity index (χ2v) is 7.31. The van der Waals surface area contributed by atoms with Crippen LogP contribution >= 0.6 is 0 Å². The Morgan fingerprint density at radius 2 is 1.63 bits per heavy atom. The molecule has 0 saturated carbocycles. The average Bonchev–Trinajstić information content (AvgIpc) is 2.77.